The van der Waals surface area contributed by atoms with Crippen LogP contribution in [0.2, 0.25) is 0 Å². The first kappa shape index (κ1) is 19.9. The summed E-state index contributed by atoms with van der Waals surface area (Å²) in [6.07, 6.45) is 0.968. The SMILES string of the molecule is C[C@H](NC(=O)CN(c1cccc(F)c1)S(C)(=O)=O)c1ccc2c(c1)OCCO2. The van der Waals surface area contributed by atoms with Crippen LogP contribution in [-0.4, -0.2) is 40.3 Å². The Labute approximate surface area is 163 Å². The smallest absolute Gasteiger partial charge is 0.241 e. The molecule has 1 N–H and O–H groups in total. The number of anilines is 1. The largest absolute Gasteiger partial charge is 0.486 e. The van der Waals surface area contributed by atoms with Gasteiger partial charge in [-0.15, -0.1) is 0 Å². The Bertz CT molecular complexity index is 980. The number of nitrogens with one attached hydrogen (secondary N) is 1. The van der Waals surface area contributed by atoms with Crippen LogP contribution in [0.3, 0.4) is 0 Å². The van der Waals surface area contributed by atoms with Gasteiger partial charge in [0.1, 0.15) is 25.6 Å². The van der Waals surface area contributed by atoms with Crippen molar-refractivity contribution in [2.45, 2.75) is 13.0 Å². The van der Waals surface area contributed by atoms with Crippen LogP contribution in [0.25, 0.3) is 0 Å². The van der Waals surface area contributed by atoms with Gasteiger partial charge in [0.2, 0.25) is 15.9 Å². The number of rotatable bonds is 6. The van der Waals surface area contributed by atoms with Crippen molar-refractivity contribution >= 4 is 21.6 Å². The third-order valence-electron chi connectivity index (χ3n) is 4.23. The number of carbonyl (C=O) groups is 1. The minimum Gasteiger partial charge on any atom is -0.486 e. The van der Waals surface area contributed by atoms with Crippen molar-refractivity contribution in [3.63, 3.8) is 0 Å². The molecule has 0 radical (unpaired) electrons. The molecule has 28 heavy (non-hydrogen) atoms. The molecular weight excluding hydrogens is 387 g/mol. The average molecular weight is 408 g/mol. The maximum Gasteiger partial charge on any atom is 0.241 e. The Kier molecular flexibility index (Phi) is 5.73. The van der Waals surface area contributed by atoms with Gasteiger partial charge in [-0.3, -0.25) is 9.10 Å². The molecule has 1 amide bonds. The van der Waals surface area contributed by atoms with E-state index in [4.69, 9.17) is 9.47 Å². The molecule has 1 aliphatic rings. The van der Waals surface area contributed by atoms with E-state index in [-0.39, 0.29) is 5.69 Å². The van der Waals surface area contributed by atoms with E-state index in [0.29, 0.717) is 24.7 Å². The van der Waals surface area contributed by atoms with Crippen LogP contribution in [0, 0.1) is 5.82 Å². The second-order valence-electron chi connectivity index (χ2n) is 6.44. The molecular formula is C19H21FN2O5S. The van der Waals surface area contributed by atoms with Crippen molar-refractivity contribution in [2.75, 3.05) is 30.3 Å². The second-order valence-corrected chi connectivity index (χ2v) is 8.35. The van der Waals surface area contributed by atoms with Crippen molar-refractivity contribution in [2.24, 2.45) is 0 Å². The summed E-state index contributed by atoms with van der Waals surface area (Å²) in [5.74, 6) is 0.138. The van der Waals surface area contributed by atoms with Gasteiger partial charge in [-0.25, -0.2) is 12.8 Å². The van der Waals surface area contributed by atoms with E-state index < -0.39 is 34.3 Å². The van der Waals surface area contributed by atoms with Gasteiger partial charge in [0, 0.05) is 0 Å². The Morgan fingerprint density at radius 2 is 1.89 bits per heavy atom. The van der Waals surface area contributed by atoms with Gasteiger partial charge in [-0.2, -0.15) is 0 Å². The molecule has 0 spiro atoms. The highest BCUT2D eigenvalue weighted by Gasteiger charge is 2.23. The van der Waals surface area contributed by atoms with Gasteiger partial charge in [0.15, 0.2) is 11.5 Å². The lowest BCUT2D eigenvalue weighted by atomic mass is 10.1. The topological polar surface area (TPSA) is 84.9 Å². The Hall–Kier alpha value is -2.81. The standard InChI is InChI=1S/C19H21FN2O5S/c1-13(14-6-7-17-18(10-14)27-9-8-26-17)21-19(23)12-22(28(2,24)25)16-5-3-4-15(20)11-16/h3-7,10-11,13H,8-9,12H2,1-2H3,(H,21,23)/t13-/m0/s1. The first-order valence-electron chi connectivity index (χ1n) is 8.66. The molecule has 1 atom stereocenters. The predicted molar refractivity (Wildman–Crippen MR) is 103 cm³/mol. The molecule has 9 heteroatoms. The van der Waals surface area contributed by atoms with Gasteiger partial charge >= 0.3 is 0 Å². The highest BCUT2D eigenvalue weighted by molar-refractivity contribution is 7.92. The van der Waals surface area contributed by atoms with Gasteiger partial charge < -0.3 is 14.8 Å². The highest BCUT2D eigenvalue weighted by Crippen LogP contribution is 2.32. The van der Waals surface area contributed by atoms with Gasteiger partial charge in [0.05, 0.1) is 18.0 Å². The fraction of sp³-hybridized carbons (Fsp3) is 0.316. The van der Waals surface area contributed by atoms with E-state index in [9.17, 15) is 17.6 Å². The Morgan fingerprint density at radius 3 is 2.57 bits per heavy atom. The van der Waals surface area contributed by atoms with Crippen LogP contribution in [0.5, 0.6) is 11.5 Å². The van der Waals surface area contributed by atoms with Gasteiger partial charge in [-0.05, 0) is 42.8 Å². The third-order valence-corrected chi connectivity index (χ3v) is 5.37. The molecule has 2 aromatic rings. The van der Waals surface area contributed by atoms with E-state index >= 15 is 0 Å². The zero-order valence-electron chi connectivity index (χ0n) is 15.5. The molecule has 0 aliphatic carbocycles. The number of nitrogens with zero attached hydrogens (tertiary/aromatic N) is 1. The summed E-state index contributed by atoms with van der Waals surface area (Å²) in [6, 6.07) is 10.0. The van der Waals surface area contributed by atoms with Crippen molar-refractivity contribution in [3.05, 3.63) is 53.8 Å². The number of amides is 1. The van der Waals surface area contributed by atoms with Crippen LogP contribution in [0.15, 0.2) is 42.5 Å². The number of hydrogen-bond acceptors (Lipinski definition) is 5. The lowest BCUT2D eigenvalue weighted by molar-refractivity contribution is -0.120. The number of fused-ring (bicyclic) bond motifs is 1. The fourth-order valence-corrected chi connectivity index (χ4v) is 3.71. The van der Waals surface area contributed by atoms with E-state index in [1.54, 1.807) is 25.1 Å². The number of carbonyl (C=O) groups excluding carboxylic acids is 1. The van der Waals surface area contributed by atoms with Crippen LogP contribution < -0.4 is 19.1 Å². The first-order valence-corrected chi connectivity index (χ1v) is 10.5. The maximum absolute atomic E-state index is 13.5. The molecule has 1 heterocycles. The van der Waals surface area contributed by atoms with E-state index in [1.807, 2.05) is 0 Å². The van der Waals surface area contributed by atoms with Crippen LogP contribution in [0.1, 0.15) is 18.5 Å². The summed E-state index contributed by atoms with van der Waals surface area (Å²) in [4.78, 5) is 12.5. The number of ether oxygens (including phenoxy) is 2. The van der Waals surface area contributed by atoms with Crippen molar-refractivity contribution in [1.82, 2.24) is 5.32 Å². The first-order chi connectivity index (χ1) is 13.2. The zero-order chi connectivity index (χ0) is 20.3. The van der Waals surface area contributed by atoms with Crippen molar-refractivity contribution < 1.29 is 27.1 Å². The molecule has 0 bridgehead atoms. The predicted octanol–water partition coefficient (Wildman–Crippen LogP) is 2.24. The molecule has 150 valence electrons. The van der Waals surface area contributed by atoms with Gasteiger partial charge in [0.25, 0.3) is 0 Å². The Balaban J connectivity index is 1.72. The number of sulfonamides is 1. The van der Waals surface area contributed by atoms with E-state index in [2.05, 4.69) is 5.32 Å². The monoisotopic (exact) mass is 408 g/mol. The lowest BCUT2D eigenvalue weighted by Crippen LogP contribution is -2.41. The Morgan fingerprint density at radius 1 is 1.18 bits per heavy atom. The molecule has 0 unspecified atom stereocenters. The van der Waals surface area contributed by atoms with E-state index in [1.165, 1.54) is 18.2 Å². The molecule has 0 saturated carbocycles. The zero-order valence-corrected chi connectivity index (χ0v) is 16.3. The summed E-state index contributed by atoms with van der Waals surface area (Å²) in [7, 11) is -3.77. The fourth-order valence-electron chi connectivity index (χ4n) is 2.86. The highest BCUT2D eigenvalue weighted by atomic mass is 32.2. The average Bonchev–Trinajstić information content (AvgIpc) is 2.64. The van der Waals surface area contributed by atoms with Crippen molar-refractivity contribution in [3.8, 4) is 11.5 Å². The van der Waals surface area contributed by atoms with Crippen molar-refractivity contribution in [1.29, 1.82) is 0 Å². The summed E-state index contributed by atoms with van der Waals surface area (Å²) < 4.78 is 49.5. The summed E-state index contributed by atoms with van der Waals surface area (Å²) in [6.45, 7) is 2.25. The van der Waals surface area contributed by atoms with Crippen LogP contribution in [0.4, 0.5) is 10.1 Å². The molecule has 3 rings (SSSR count). The molecule has 1 aliphatic heterocycles. The maximum atomic E-state index is 13.5. The van der Waals surface area contributed by atoms with Gasteiger partial charge in [-0.1, -0.05) is 12.1 Å². The second kappa shape index (κ2) is 8.05. The molecule has 0 saturated heterocycles. The third kappa shape index (κ3) is 4.72. The normalized spacial score (nSPS) is 14.2. The lowest BCUT2D eigenvalue weighted by Gasteiger charge is -2.24. The minimum absolute atomic E-state index is 0.0876. The number of halogens is 1. The molecule has 0 aromatic heterocycles. The quantitative estimate of drug-likeness (QED) is 0.793. The van der Waals surface area contributed by atoms with E-state index in [0.717, 1.165) is 22.2 Å². The molecule has 0 fully saturated rings. The summed E-state index contributed by atoms with van der Waals surface area (Å²) >= 11 is 0. The summed E-state index contributed by atoms with van der Waals surface area (Å²) in [5.41, 5.74) is 0.874. The number of benzene rings is 2. The summed E-state index contributed by atoms with van der Waals surface area (Å²) in [5, 5.41) is 2.75. The minimum atomic E-state index is -3.77. The van der Waals surface area contributed by atoms with Crippen LogP contribution in [-0.2, 0) is 14.8 Å². The number of hydrogen-bond donors (Lipinski definition) is 1. The van der Waals surface area contributed by atoms with Crippen LogP contribution >= 0.6 is 0 Å². The molecule has 2 aromatic carbocycles. The molecule has 7 nitrogen and oxygen atoms in total.